The molecule has 0 saturated carbocycles. The Morgan fingerprint density at radius 1 is 1.23 bits per heavy atom. The Bertz CT molecular complexity index is 769. The monoisotopic (exact) mass is 318 g/mol. The second-order valence-corrected chi connectivity index (χ2v) is 7.21. The number of nitrogens with one attached hydrogen (secondary N) is 1. The van der Waals surface area contributed by atoms with E-state index in [2.05, 4.69) is 42.5 Å². The highest BCUT2D eigenvalue weighted by Crippen LogP contribution is 2.19. The van der Waals surface area contributed by atoms with Crippen molar-refractivity contribution in [2.75, 3.05) is 20.1 Å². The lowest BCUT2D eigenvalue weighted by atomic mass is 10.00. The van der Waals surface area contributed by atoms with Crippen LogP contribution in [0.5, 0.6) is 0 Å². The van der Waals surface area contributed by atoms with Crippen LogP contribution in [0.1, 0.15) is 11.1 Å². The Balaban J connectivity index is 2.06. The van der Waals surface area contributed by atoms with E-state index < -0.39 is 10.2 Å². The third kappa shape index (κ3) is 3.94. The first kappa shape index (κ1) is 16.7. The molecule has 22 heavy (non-hydrogen) atoms. The molecular formula is C17H22N2O2S. The van der Waals surface area contributed by atoms with Crippen LogP contribution in [0.3, 0.4) is 0 Å². The van der Waals surface area contributed by atoms with Crippen LogP contribution in [0.2, 0.25) is 0 Å². The Labute approximate surface area is 132 Å². The molecule has 0 aliphatic carbocycles. The number of hydrogen-bond donors (Lipinski definition) is 1. The summed E-state index contributed by atoms with van der Waals surface area (Å²) in [5.41, 5.74) is 2.34. The van der Waals surface area contributed by atoms with Gasteiger partial charge in [-0.15, -0.1) is 6.58 Å². The highest BCUT2D eigenvalue weighted by Gasteiger charge is 2.15. The van der Waals surface area contributed by atoms with Crippen LogP contribution in [0.25, 0.3) is 10.8 Å². The van der Waals surface area contributed by atoms with Crippen molar-refractivity contribution in [3.05, 3.63) is 60.2 Å². The van der Waals surface area contributed by atoms with Crippen LogP contribution < -0.4 is 4.72 Å². The first-order valence-electron chi connectivity index (χ1n) is 7.24. The predicted molar refractivity (Wildman–Crippen MR) is 92.1 cm³/mol. The van der Waals surface area contributed by atoms with E-state index in [1.165, 1.54) is 27.7 Å². The second-order valence-electron chi connectivity index (χ2n) is 5.34. The molecule has 2 aromatic carbocycles. The van der Waals surface area contributed by atoms with E-state index in [9.17, 15) is 8.42 Å². The van der Waals surface area contributed by atoms with Crippen LogP contribution in [-0.4, -0.2) is 32.9 Å². The molecule has 118 valence electrons. The summed E-state index contributed by atoms with van der Waals surface area (Å²) in [5.74, 6) is 0. The lowest BCUT2D eigenvalue weighted by Gasteiger charge is -2.16. The van der Waals surface area contributed by atoms with Gasteiger partial charge in [0.05, 0.1) is 0 Å². The van der Waals surface area contributed by atoms with Crippen LogP contribution in [0, 0.1) is 6.92 Å². The molecule has 2 rings (SSSR count). The maximum atomic E-state index is 12.0. The highest BCUT2D eigenvalue weighted by molar-refractivity contribution is 7.87. The zero-order valence-corrected chi connectivity index (χ0v) is 13.9. The maximum Gasteiger partial charge on any atom is 0.279 e. The Morgan fingerprint density at radius 2 is 1.86 bits per heavy atom. The van der Waals surface area contributed by atoms with Crippen molar-refractivity contribution in [3.8, 4) is 0 Å². The van der Waals surface area contributed by atoms with E-state index in [1.807, 2.05) is 12.1 Å². The van der Waals surface area contributed by atoms with Crippen LogP contribution in [-0.2, 0) is 16.6 Å². The predicted octanol–water partition coefficient (Wildman–Crippen LogP) is 2.64. The van der Waals surface area contributed by atoms with Gasteiger partial charge >= 0.3 is 0 Å². The Hall–Kier alpha value is -1.69. The zero-order chi connectivity index (χ0) is 16.2. The number of likely N-dealkylation sites (N-methyl/N-ethyl adjacent to an activating group) is 1. The van der Waals surface area contributed by atoms with E-state index in [0.29, 0.717) is 19.5 Å². The van der Waals surface area contributed by atoms with E-state index in [1.54, 1.807) is 6.08 Å². The summed E-state index contributed by atoms with van der Waals surface area (Å²) in [4.78, 5) is 0. The SMILES string of the molecule is C=CCN(C)S(=O)(=O)NCCc1cc2ccccc2cc1C. The van der Waals surface area contributed by atoms with Gasteiger partial charge in [0.1, 0.15) is 0 Å². The van der Waals surface area contributed by atoms with E-state index in [0.717, 1.165) is 5.56 Å². The molecule has 0 aromatic heterocycles. The summed E-state index contributed by atoms with van der Waals surface area (Å²) in [5, 5.41) is 2.38. The number of fused-ring (bicyclic) bond motifs is 1. The molecule has 0 unspecified atom stereocenters. The third-order valence-electron chi connectivity index (χ3n) is 3.68. The fourth-order valence-corrected chi connectivity index (χ4v) is 3.26. The summed E-state index contributed by atoms with van der Waals surface area (Å²) in [7, 11) is -1.90. The summed E-state index contributed by atoms with van der Waals surface area (Å²) < 4.78 is 27.8. The zero-order valence-electron chi connectivity index (χ0n) is 13.0. The number of rotatable bonds is 7. The molecule has 4 nitrogen and oxygen atoms in total. The Kier molecular flexibility index (Phi) is 5.34. The fraction of sp³-hybridized carbons (Fsp3) is 0.294. The molecule has 0 radical (unpaired) electrons. The highest BCUT2D eigenvalue weighted by atomic mass is 32.2. The van der Waals surface area contributed by atoms with Crippen LogP contribution >= 0.6 is 0 Å². The molecule has 0 heterocycles. The van der Waals surface area contributed by atoms with Crippen molar-refractivity contribution in [3.63, 3.8) is 0 Å². The smallest absolute Gasteiger partial charge is 0.202 e. The summed E-state index contributed by atoms with van der Waals surface area (Å²) in [6.45, 7) is 6.28. The molecule has 0 fully saturated rings. The van der Waals surface area contributed by atoms with E-state index in [-0.39, 0.29) is 0 Å². The van der Waals surface area contributed by atoms with Crippen molar-refractivity contribution in [1.82, 2.24) is 9.03 Å². The van der Waals surface area contributed by atoms with Gasteiger partial charge in [-0.3, -0.25) is 0 Å². The van der Waals surface area contributed by atoms with Gasteiger partial charge in [0.25, 0.3) is 10.2 Å². The molecule has 0 spiro atoms. The normalized spacial score (nSPS) is 12.0. The third-order valence-corrected chi connectivity index (χ3v) is 5.22. The summed E-state index contributed by atoms with van der Waals surface area (Å²) in [6, 6.07) is 12.5. The molecule has 0 aliphatic rings. The van der Waals surface area contributed by atoms with Crippen molar-refractivity contribution in [2.24, 2.45) is 0 Å². The molecule has 1 N–H and O–H groups in total. The Morgan fingerprint density at radius 3 is 2.50 bits per heavy atom. The molecule has 0 atom stereocenters. The largest absolute Gasteiger partial charge is 0.279 e. The first-order chi connectivity index (χ1) is 10.4. The average molecular weight is 318 g/mol. The standard InChI is InChI=1S/C17H22N2O2S/c1-4-11-19(3)22(20,21)18-10-9-15-13-17-8-6-5-7-16(17)12-14(15)2/h4-8,12-13,18H,1,9-11H2,2-3H3. The number of hydrogen-bond acceptors (Lipinski definition) is 2. The number of benzene rings is 2. The number of nitrogens with zero attached hydrogens (tertiary/aromatic N) is 1. The molecule has 0 aliphatic heterocycles. The second kappa shape index (κ2) is 7.05. The van der Waals surface area contributed by atoms with E-state index >= 15 is 0 Å². The average Bonchev–Trinajstić information content (AvgIpc) is 2.48. The van der Waals surface area contributed by atoms with Crippen molar-refractivity contribution < 1.29 is 8.42 Å². The molecular weight excluding hydrogens is 296 g/mol. The quantitative estimate of drug-likeness (QED) is 0.798. The van der Waals surface area contributed by atoms with Gasteiger partial charge in [0.15, 0.2) is 0 Å². The minimum atomic E-state index is -3.44. The fourth-order valence-electron chi connectivity index (χ4n) is 2.38. The first-order valence-corrected chi connectivity index (χ1v) is 8.68. The van der Waals surface area contributed by atoms with Gasteiger partial charge in [-0.1, -0.05) is 42.5 Å². The summed E-state index contributed by atoms with van der Waals surface area (Å²) >= 11 is 0. The maximum absolute atomic E-state index is 12.0. The molecule has 0 amide bonds. The van der Waals surface area contributed by atoms with Gasteiger partial charge in [-0.2, -0.15) is 12.7 Å². The van der Waals surface area contributed by atoms with Crippen LogP contribution in [0.4, 0.5) is 0 Å². The lowest BCUT2D eigenvalue weighted by Crippen LogP contribution is -2.39. The van der Waals surface area contributed by atoms with Gasteiger partial charge in [-0.05, 0) is 35.2 Å². The van der Waals surface area contributed by atoms with Gasteiger partial charge < -0.3 is 0 Å². The van der Waals surface area contributed by atoms with Crippen molar-refractivity contribution >= 4 is 21.0 Å². The molecule has 0 saturated heterocycles. The topological polar surface area (TPSA) is 49.4 Å². The minimum Gasteiger partial charge on any atom is -0.202 e. The lowest BCUT2D eigenvalue weighted by molar-refractivity contribution is 0.486. The molecule has 2 aromatic rings. The van der Waals surface area contributed by atoms with Crippen LogP contribution in [0.15, 0.2) is 49.1 Å². The summed E-state index contributed by atoms with van der Waals surface area (Å²) in [6.07, 6.45) is 2.23. The van der Waals surface area contributed by atoms with Crippen molar-refractivity contribution in [2.45, 2.75) is 13.3 Å². The molecule has 5 heteroatoms. The molecule has 0 bridgehead atoms. The van der Waals surface area contributed by atoms with Gasteiger partial charge in [-0.25, -0.2) is 4.72 Å². The van der Waals surface area contributed by atoms with Gasteiger partial charge in [0.2, 0.25) is 0 Å². The number of aryl methyl sites for hydroxylation is 1. The van der Waals surface area contributed by atoms with Gasteiger partial charge in [0, 0.05) is 20.1 Å². The van der Waals surface area contributed by atoms with Crippen molar-refractivity contribution in [1.29, 1.82) is 0 Å². The minimum absolute atomic E-state index is 0.296. The van der Waals surface area contributed by atoms with E-state index in [4.69, 9.17) is 0 Å².